The Morgan fingerprint density at radius 1 is 0.971 bits per heavy atom. The van der Waals surface area contributed by atoms with E-state index in [1.165, 1.54) is 18.9 Å². The summed E-state index contributed by atoms with van der Waals surface area (Å²) in [6.07, 6.45) is 10.1. The molecule has 5 rings (SSSR count). The van der Waals surface area contributed by atoms with Crippen molar-refractivity contribution in [1.82, 2.24) is 14.8 Å². The molecule has 3 aliphatic rings. The summed E-state index contributed by atoms with van der Waals surface area (Å²) in [7, 11) is 0. The Morgan fingerprint density at radius 3 is 2.26 bits per heavy atom. The summed E-state index contributed by atoms with van der Waals surface area (Å²) in [6.45, 7) is 3.71. The number of piperazine rings is 1. The Morgan fingerprint density at radius 2 is 1.65 bits per heavy atom. The summed E-state index contributed by atoms with van der Waals surface area (Å²) in [6, 6.07) is 3.36. The fourth-order valence-corrected chi connectivity index (χ4v) is 5.37. The van der Waals surface area contributed by atoms with Gasteiger partial charge in [-0.15, -0.1) is 0 Å². The van der Waals surface area contributed by atoms with E-state index in [0.29, 0.717) is 37.4 Å². The molecule has 2 amide bonds. The molecule has 1 saturated heterocycles. The number of anilines is 1. The molecule has 8 heteroatoms. The molecular formula is C26H33FN4O3. The van der Waals surface area contributed by atoms with Gasteiger partial charge in [-0.1, -0.05) is 25.7 Å². The highest BCUT2D eigenvalue weighted by atomic mass is 19.1. The van der Waals surface area contributed by atoms with Crippen molar-refractivity contribution in [2.45, 2.75) is 70.4 Å². The van der Waals surface area contributed by atoms with Crippen LogP contribution in [0, 0.1) is 5.82 Å². The van der Waals surface area contributed by atoms with Gasteiger partial charge in [0.05, 0.1) is 11.2 Å². The first-order valence-corrected chi connectivity index (χ1v) is 12.6. The van der Waals surface area contributed by atoms with Crippen molar-refractivity contribution < 1.29 is 14.0 Å². The number of fused-ring (bicyclic) bond motifs is 1. The summed E-state index contributed by atoms with van der Waals surface area (Å²) < 4.78 is 17.3. The minimum atomic E-state index is -0.468. The van der Waals surface area contributed by atoms with Crippen LogP contribution in [0.5, 0.6) is 0 Å². The van der Waals surface area contributed by atoms with Crippen LogP contribution in [0.3, 0.4) is 0 Å². The highest BCUT2D eigenvalue weighted by molar-refractivity contribution is 5.98. The van der Waals surface area contributed by atoms with E-state index in [0.717, 1.165) is 38.5 Å². The molecule has 182 valence electrons. The van der Waals surface area contributed by atoms with E-state index in [4.69, 9.17) is 0 Å². The van der Waals surface area contributed by atoms with Crippen LogP contribution in [0.25, 0.3) is 10.9 Å². The zero-order chi connectivity index (χ0) is 23.8. The van der Waals surface area contributed by atoms with Crippen LogP contribution >= 0.6 is 0 Å². The molecule has 2 aromatic rings. The molecule has 0 spiro atoms. The Kier molecular flexibility index (Phi) is 6.32. The molecule has 1 aliphatic heterocycles. The largest absolute Gasteiger partial charge is 0.366 e. The lowest BCUT2D eigenvalue weighted by molar-refractivity contribution is -0.129. The average molecular weight is 469 g/mol. The first-order valence-electron chi connectivity index (χ1n) is 12.6. The predicted octanol–water partition coefficient (Wildman–Crippen LogP) is 3.60. The molecule has 2 heterocycles. The van der Waals surface area contributed by atoms with Crippen molar-refractivity contribution in [3.8, 4) is 0 Å². The minimum Gasteiger partial charge on any atom is -0.366 e. The number of nitrogens with zero attached hydrogens (tertiary/aromatic N) is 3. The number of carbonyl (C=O) groups is 2. The molecule has 34 heavy (non-hydrogen) atoms. The maximum atomic E-state index is 15.3. The van der Waals surface area contributed by atoms with Crippen molar-refractivity contribution in [3.05, 3.63) is 39.9 Å². The maximum Gasteiger partial charge on any atom is 0.256 e. The van der Waals surface area contributed by atoms with E-state index in [1.54, 1.807) is 24.1 Å². The van der Waals surface area contributed by atoms with E-state index in [-0.39, 0.29) is 34.8 Å². The van der Waals surface area contributed by atoms with Gasteiger partial charge < -0.3 is 19.7 Å². The number of pyridine rings is 1. The van der Waals surface area contributed by atoms with Crippen LogP contribution in [0.2, 0.25) is 0 Å². The number of aromatic nitrogens is 1. The van der Waals surface area contributed by atoms with Gasteiger partial charge in [-0.2, -0.15) is 0 Å². The lowest BCUT2D eigenvalue weighted by Gasteiger charge is -2.36. The molecule has 3 fully saturated rings. The SMILES string of the molecule is CC(=O)N1CCN(c2cc3c(cc2F)c(=O)c(C(=O)NC2CCCCCC2)cn3C2CC2)CC1. The third-order valence-electron chi connectivity index (χ3n) is 7.54. The minimum absolute atomic E-state index is 0.0239. The van der Waals surface area contributed by atoms with Gasteiger partial charge in [-0.3, -0.25) is 14.4 Å². The van der Waals surface area contributed by atoms with Crippen molar-refractivity contribution in [2.75, 3.05) is 31.1 Å². The molecule has 2 saturated carbocycles. The van der Waals surface area contributed by atoms with Crippen molar-refractivity contribution in [3.63, 3.8) is 0 Å². The Bertz CT molecular complexity index is 1160. The fourth-order valence-electron chi connectivity index (χ4n) is 5.37. The summed E-state index contributed by atoms with van der Waals surface area (Å²) >= 11 is 0. The van der Waals surface area contributed by atoms with Crippen molar-refractivity contribution >= 4 is 28.4 Å². The topological polar surface area (TPSA) is 74.7 Å². The monoisotopic (exact) mass is 468 g/mol. The number of hydrogen-bond donors (Lipinski definition) is 1. The van der Waals surface area contributed by atoms with Crippen LogP contribution < -0.4 is 15.6 Å². The standard InChI is InChI=1S/C26H33FN4O3/c1-17(32)29-10-12-30(13-11-29)24-15-23-20(14-22(24)27)25(33)21(16-31(23)19-8-9-19)26(34)28-18-6-4-2-3-5-7-18/h14-16,18-19H,2-13H2,1H3,(H,28,34). The normalized spacial score (nSPS) is 19.8. The molecule has 0 atom stereocenters. The van der Waals surface area contributed by atoms with E-state index >= 15 is 4.39 Å². The molecule has 2 aliphatic carbocycles. The summed E-state index contributed by atoms with van der Waals surface area (Å²) in [4.78, 5) is 41.8. The second-order valence-electron chi connectivity index (χ2n) is 9.99. The molecule has 7 nitrogen and oxygen atoms in total. The van der Waals surface area contributed by atoms with Gasteiger partial charge in [0.1, 0.15) is 11.4 Å². The molecule has 1 aromatic heterocycles. The molecule has 1 N–H and O–H groups in total. The van der Waals surface area contributed by atoms with Gasteiger partial charge in [0.15, 0.2) is 0 Å². The summed E-state index contributed by atoms with van der Waals surface area (Å²) in [5.74, 6) is -0.793. The lowest BCUT2D eigenvalue weighted by Crippen LogP contribution is -2.48. The van der Waals surface area contributed by atoms with Crippen LogP contribution in [0.1, 0.15) is 74.7 Å². The van der Waals surface area contributed by atoms with Gasteiger partial charge in [0, 0.05) is 56.8 Å². The summed E-state index contributed by atoms with van der Waals surface area (Å²) in [5, 5.41) is 3.33. The van der Waals surface area contributed by atoms with Crippen molar-refractivity contribution in [1.29, 1.82) is 0 Å². The van der Waals surface area contributed by atoms with Gasteiger partial charge in [-0.05, 0) is 37.8 Å². The second-order valence-corrected chi connectivity index (χ2v) is 9.99. The van der Waals surface area contributed by atoms with E-state index in [2.05, 4.69) is 5.32 Å². The van der Waals surface area contributed by atoms with Crippen LogP contribution in [-0.4, -0.2) is 53.5 Å². The molecule has 0 radical (unpaired) electrons. The Labute approximate surface area is 198 Å². The average Bonchev–Trinajstić information content (AvgIpc) is 3.68. The number of hydrogen-bond acceptors (Lipinski definition) is 4. The number of halogens is 1. The first-order chi connectivity index (χ1) is 16.4. The van der Waals surface area contributed by atoms with Gasteiger partial charge in [0.2, 0.25) is 11.3 Å². The number of rotatable bonds is 4. The van der Waals surface area contributed by atoms with Gasteiger partial charge in [-0.25, -0.2) is 4.39 Å². The highest BCUT2D eigenvalue weighted by Gasteiger charge is 2.29. The predicted molar refractivity (Wildman–Crippen MR) is 130 cm³/mol. The van der Waals surface area contributed by atoms with Crippen LogP contribution in [0.4, 0.5) is 10.1 Å². The summed E-state index contributed by atoms with van der Waals surface area (Å²) in [5.41, 5.74) is 0.805. The Hall–Kier alpha value is -2.90. The van der Waals surface area contributed by atoms with E-state index in [9.17, 15) is 14.4 Å². The number of amides is 2. The third kappa shape index (κ3) is 4.55. The maximum absolute atomic E-state index is 15.3. The molecule has 0 bridgehead atoms. The fraction of sp³-hybridized carbons (Fsp3) is 0.577. The second kappa shape index (κ2) is 9.39. The Balaban J connectivity index is 1.48. The zero-order valence-electron chi connectivity index (χ0n) is 19.8. The quantitative estimate of drug-likeness (QED) is 0.696. The van der Waals surface area contributed by atoms with Crippen LogP contribution in [-0.2, 0) is 4.79 Å². The highest BCUT2D eigenvalue weighted by Crippen LogP contribution is 2.38. The molecule has 1 aromatic carbocycles. The number of carbonyl (C=O) groups excluding carboxylic acids is 2. The van der Waals surface area contributed by atoms with E-state index < -0.39 is 11.2 Å². The van der Waals surface area contributed by atoms with Crippen LogP contribution in [0.15, 0.2) is 23.1 Å². The van der Waals surface area contributed by atoms with Gasteiger partial charge in [0.25, 0.3) is 5.91 Å². The first kappa shape index (κ1) is 22.9. The third-order valence-corrected chi connectivity index (χ3v) is 7.54. The molecular weight excluding hydrogens is 435 g/mol. The molecule has 0 unspecified atom stereocenters. The van der Waals surface area contributed by atoms with Gasteiger partial charge >= 0.3 is 0 Å². The smallest absolute Gasteiger partial charge is 0.256 e. The van der Waals surface area contributed by atoms with Crippen molar-refractivity contribution in [2.24, 2.45) is 0 Å². The number of nitrogens with one attached hydrogen (secondary N) is 1. The zero-order valence-corrected chi connectivity index (χ0v) is 19.8. The van der Waals surface area contributed by atoms with E-state index in [1.807, 2.05) is 9.47 Å². The lowest BCUT2D eigenvalue weighted by atomic mass is 10.1. The number of benzene rings is 1.